The highest BCUT2D eigenvalue weighted by atomic mass is 32.1. The van der Waals surface area contributed by atoms with Gasteiger partial charge in [0, 0.05) is 11.8 Å². The van der Waals surface area contributed by atoms with Gasteiger partial charge in [0.1, 0.15) is 0 Å². The first-order valence-electron chi connectivity index (χ1n) is 4.76. The van der Waals surface area contributed by atoms with E-state index >= 15 is 0 Å². The fourth-order valence-corrected chi connectivity index (χ4v) is 2.31. The molecular weight excluding hydrogens is 192 g/mol. The molecule has 14 heavy (non-hydrogen) atoms. The number of hydrogen-bond donors (Lipinski definition) is 0. The third-order valence-corrected chi connectivity index (χ3v) is 3.33. The molecular formula is C11H12N2S. The molecule has 0 aliphatic carbocycles. The SMILES string of the molecule is CCC(C)C1=c2sccc2=NC=C=N1. The van der Waals surface area contributed by atoms with Crippen LogP contribution >= 0.6 is 11.3 Å². The van der Waals surface area contributed by atoms with E-state index in [-0.39, 0.29) is 0 Å². The van der Waals surface area contributed by atoms with Crippen molar-refractivity contribution in [3.63, 3.8) is 0 Å². The molecule has 1 unspecified atom stereocenters. The molecule has 0 bridgehead atoms. The Morgan fingerprint density at radius 3 is 3.21 bits per heavy atom. The molecule has 1 atom stereocenters. The van der Waals surface area contributed by atoms with Gasteiger partial charge in [-0.2, -0.15) is 0 Å². The number of rotatable bonds is 2. The molecule has 1 aromatic rings. The zero-order valence-corrected chi connectivity index (χ0v) is 9.14. The van der Waals surface area contributed by atoms with Crippen LogP contribution in [0.5, 0.6) is 0 Å². The summed E-state index contributed by atoms with van der Waals surface area (Å²) in [6.45, 7) is 4.36. The van der Waals surface area contributed by atoms with E-state index in [1.54, 1.807) is 17.5 Å². The molecule has 0 aromatic carbocycles. The van der Waals surface area contributed by atoms with Crippen molar-refractivity contribution >= 4 is 22.9 Å². The van der Waals surface area contributed by atoms with E-state index in [1.807, 2.05) is 6.07 Å². The third-order valence-electron chi connectivity index (χ3n) is 2.40. The van der Waals surface area contributed by atoms with Crippen LogP contribution in [0.15, 0.2) is 27.6 Å². The molecule has 1 aliphatic rings. The van der Waals surface area contributed by atoms with E-state index < -0.39 is 0 Å². The van der Waals surface area contributed by atoms with Crippen LogP contribution in [0.1, 0.15) is 20.3 Å². The second kappa shape index (κ2) is 3.91. The summed E-state index contributed by atoms with van der Waals surface area (Å²) >= 11 is 1.71. The summed E-state index contributed by atoms with van der Waals surface area (Å²) < 4.78 is 1.20. The minimum atomic E-state index is 0.474. The first-order chi connectivity index (χ1) is 6.83. The molecule has 0 spiro atoms. The average molecular weight is 204 g/mol. The minimum absolute atomic E-state index is 0.474. The van der Waals surface area contributed by atoms with Gasteiger partial charge in [0.2, 0.25) is 0 Å². The standard InChI is InChI=1S/C11H12N2S/c1-3-8(2)10-11-9(4-7-14-11)12-5-6-13-10/h4-5,7-8H,3H2,1-2H3. The Kier molecular flexibility index (Phi) is 2.62. The van der Waals surface area contributed by atoms with Crippen LogP contribution in [-0.2, 0) is 0 Å². The van der Waals surface area contributed by atoms with Crippen LogP contribution < -0.4 is 9.89 Å². The molecule has 2 heterocycles. The van der Waals surface area contributed by atoms with E-state index in [0.29, 0.717) is 5.92 Å². The molecule has 0 fully saturated rings. The van der Waals surface area contributed by atoms with Crippen LogP contribution in [0.4, 0.5) is 0 Å². The van der Waals surface area contributed by atoms with Gasteiger partial charge in [-0.1, -0.05) is 13.8 Å². The Hall–Kier alpha value is -1.18. The van der Waals surface area contributed by atoms with Gasteiger partial charge in [-0.05, 0) is 17.9 Å². The van der Waals surface area contributed by atoms with Gasteiger partial charge in [0.05, 0.1) is 21.8 Å². The van der Waals surface area contributed by atoms with Gasteiger partial charge in [0.25, 0.3) is 0 Å². The normalized spacial score (nSPS) is 16.0. The highest BCUT2D eigenvalue weighted by molar-refractivity contribution is 7.07. The van der Waals surface area contributed by atoms with Gasteiger partial charge < -0.3 is 0 Å². The predicted octanol–water partition coefficient (Wildman–Crippen LogP) is 1.72. The molecule has 1 aliphatic heterocycles. The Labute approximate surface area is 87.0 Å². The smallest absolute Gasteiger partial charge is 0.0889 e. The molecule has 0 radical (unpaired) electrons. The fourth-order valence-electron chi connectivity index (χ4n) is 1.37. The largest absolute Gasteiger partial charge is 0.245 e. The molecule has 0 saturated heterocycles. The summed E-state index contributed by atoms with van der Waals surface area (Å²) in [5.74, 6) is 3.32. The van der Waals surface area contributed by atoms with Crippen LogP contribution in [0.3, 0.4) is 0 Å². The Bertz CT molecular complexity index is 504. The lowest BCUT2D eigenvalue weighted by atomic mass is 10.1. The molecule has 3 heteroatoms. The summed E-state index contributed by atoms with van der Waals surface area (Å²) in [5, 5.41) is 3.09. The summed E-state index contributed by atoms with van der Waals surface area (Å²) in [7, 11) is 0. The third kappa shape index (κ3) is 1.57. The van der Waals surface area contributed by atoms with Crippen LogP contribution in [0.25, 0.3) is 5.70 Å². The van der Waals surface area contributed by atoms with Crippen molar-refractivity contribution in [3.05, 3.63) is 27.5 Å². The molecule has 2 nitrogen and oxygen atoms in total. The van der Waals surface area contributed by atoms with E-state index in [1.165, 1.54) is 4.53 Å². The maximum absolute atomic E-state index is 4.34. The van der Waals surface area contributed by atoms with E-state index in [4.69, 9.17) is 0 Å². The quantitative estimate of drug-likeness (QED) is 0.701. The molecule has 1 aromatic heterocycles. The van der Waals surface area contributed by atoms with Gasteiger partial charge >= 0.3 is 0 Å². The lowest BCUT2D eigenvalue weighted by Gasteiger charge is -2.05. The van der Waals surface area contributed by atoms with E-state index in [0.717, 1.165) is 17.5 Å². The lowest BCUT2D eigenvalue weighted by Crippen LogP contribution is -2.22. The fraction of sp³-hybridized carbons (Fsp3) is 0.364. The number of thiophene rings is 1. The first-order valence-corrected chi connectivity index (χ1v) is 5.64. The highest BCUT2D eigenvalue weighted by Gasteiger charge is 2.08. The summed E-state index contributed by atoms with van der Waals surface area (Å²) in [6.07, 6.45) is 2.73. The van der Waals surface area contributed by atoms with Crippen molar-refractivity contribution in [2.75, 3.05) is 0 Å². The van der Waals surface area contributed by atoms with Gasteiger partial charge in [-0.25, -0.2) is 9.98 Å². The molecule has 0 amide bonds. The Morgan fingerprint density at radius 2 is 2.43 bits per heavy atom. The topological polar surface area (TPSA) is 24.7 Å². The first kappa shape index (κ1) is 9.38. The molecule has 0 N–H and O–H groups in total. The van der Waals surface area contributed by atoms with Crippen molar-refractivity contribution in [1.82, 2.24) is 0 Å². The van der Waals surface area contributed by atoms with Gasteiger partial charge in [-0.15, -0.1) is 11.3 Å². The minimum Gasteiger partial charge on any atom is -0.245 e. The van der Waals surface area contributed by atoms with Crippen molar-refractivity contribution in [1.29, 1.82) is 0 Å². The maximum Gasteiger partial charge on any atom is 0.0889 e. The maximum atomic E-state index is 4.34. The van der Waals surface area contributed by atoms with Crippen LogP contribution in [-0.4, -0.2) is 5.87 Å². The lowest BCUT2D eigenvalue weighted by molar-refractivity contribution is 0.706. The van der Waals surface area contributed by atoms with Gasteiger partial charge in [0.15, 0.2) is 0 Å². The summed E-state index contributed by atoms with van der Waals surface area (Å²) in [6, 6.07) is 2.03. The van der Waals surface area contributed by atoms with Gasteiger partial charge in [-0.3, -0.25) is 0 Å². The van der Waals surface area contributed by atoms with E-state index in [2.05, 4.69) is 35.1 Å². The van der Waals surface area contributed by atoms with Crippen molar-refractivity contribution in [2.24, 2.45) is 15.9 Å². The second-order valence-corrected chi connectivity index (χ2v) is 4.24. The average Bonchev–Trinajstić information content (AvgIpc) is 2.57. The monoisotopic (exact) mass is 204 g/mol. The van der Waals surface area contributed by atoms with Crippen molar-refractivity contribution in [3.8, 4) is 0 Å². The predicted molar refractivity (Wildman–Crippen MR) is 60.0 cm³/mol. The van der Waals surface area contributed by atoms with Crippen LogP contribution in [0, 0.1) is 5.92 Å². The zero-order chi connectivity index (χ0) is 9.97. The Balaban J connectivity index is 2.73. The number of hydrogen-bond acceptors (Lipinski definition) is 3. The van der Waals surface area contributed by atoms with Crippen LogP contribution in [0.2, 0.25) is 0 Å². The number of fused-ring (bicyclic) bond motifs is 1. The number of aliphatic imine (C=N–C) groups is 1. The molecule has 72 valence electrons. The second-order valence-electron chi connectivity index (χ2n) is 3.33. The highest BCUT2D eigenvalue weighted by Crippen LogP contribution is 2.15. The Morgan fingerprint density at radius 1 is 1.57 bits per heavy atom. The summed E-state index contributed by atoms with van der Waals surface area (Å²) in [4.78, 5) is 8.61. The molecule has 2 rings (SSSR count). The number of nitrogens with zero attached hydrogens (tertiary/aromatic N) is 2. The summed E-state index contributed by atoms with van der Waals surface area (Å²) in [5.41, 5.74) is 1.12. The van der Waals surface area contributed by atoms with Crippen molar-refractivity contribution < 1.29 is 0 Å². The van der Waals surface area contributed by atoms with E-state index in [9.17, 15) is 0 Å². The van der Waals surface area contributed by atoms with Crippen molar-refractivity contribution in [2.45, 2.75) is 20.3 Å². The molecule has 0 saturated carbocycles. The zero-order valence-electron chi connectivity index (χ0n) is 8.32.